The second-order valence-corrected chi connectivity index (χ2v) is 5.13. The summed E-state index contributed by atoms with van der Waals surface area (Å²) in [5.74, 6) is 1.32. The van der Waals surface area contributed by atoms with Crippen molar-refractivity contribution in [1.82, 2.24) is 4.98 Å². The molecule has 0 fully saturated rings. The third-order valence-corrected chi connectivity index (χ3v) is 3.50. The van der Waals surface area contributed by atoms with Gasteiger partial charge in [0.15, 0.2) is 0 Å². The fraction of sp³-hybridized carbons (Fsp3) is 0.444. The second kappa shape index (κ2) is 12.2. The molecule has 0 amide bonds. The van der Waals surface area contributed by atoms with Crippen molar-refractivity contribution >= 4 is 34.2 Å². The van der Waals surface area contributed by atoms with E-state index in [-0.39, 0.29) is 13.2 Å². The molecule has 0 atom stereocenters. The van der Waals surface area contributed by atoms with E-state index < -0.39 is 0 Å². The van der Waals surface area contributed by atoms with Gasteiger partial charge in [0.2, 0.25) is 0 Å². The largest absolute Gasteiger partial charge is 0.396 e. The minimum Gasteiger partial charge on any atom is -0.396 e. The Morgan fingerprint density at radius 3 is 2.47 bits per heavy atom. The lowest BCUT2D eigenvalue weighted by Gasteiger charge is -1.95. The van der Waals surface area contributed by atoms with Gasteiger partial charge in [0.25, 0.3) is 0 Å². The first kappa shape index (κ1) is 15.1. The van der Waals surface area contributed by atoms with Gasteiger partial charge in [-0.15, -0.1) is 0 Å². The van der Waals surface area contributed by atoms with Crippen LogP contribution in [0.25, 0.3) is 0 Å². The molecule has 2 N–H and O–H groups in total. The maximum Gasteiger partial charge on any atom is 0.106 e. The third kappa shape index (κ3) is 10.4. The average molecular weight is 265 g/mol. The monoisotopic (exact) mass is 265 g/mol. The molecule has 0 aliphatic heterocycles. The predicted molar refractivity (Wildman–Crippen MR) is 70.6 cm³/mol. The summed E-state index contributed by atoms with van der Waals surface area (Å²) in [7, 11) is 3.20. The van der Waals surface area contributed by atoms with Gasteiger partial charge in [-0.05, 0) is 22.9 Å². The molecule has 0 radical (unpaired) electrons. The average Bonchev–Trinajstić information content (AvgIpc) is 2.31. The van der Waals surface area contributed by atoms with E-state index in [0.717, 1.165) is 10.8 Å². The molecule has 6 heteroatoms. The molecule has 1 heterocycles. The first-order chi connectivity index (χ1) is 7.35. The van der Waals surface area contributed by atoms with Gasteiger partial charge in [-0.2, -0.15) is 12.6 Å². The Labute approximate surface area is 104 Å². The maximum atomic E-state index is 8.49. The van der Waals surface area contributed by atoms with Gasteiger partial charge in [0.05, 0.1) is 13.2 Å². The summed E-state index contributed by atoms with van der Waals surface area (Å²) in [4.78, 5) is 4.11. The number of aliphatic hydroxyl groups is 2. The number of pyridine rings is 1. The van der Waals surface area contributed by atoms with Gasteiger partial charge >= 0.3 is 0 Å². The Kier molecular flexibility index (Phi) is 12.3. The lowest BCUT2D eigenvalue weighted by atomic mass is 10.5. The molecule has 0 saturated carbocycles. The van der Waals surface area contributed by atoms with Gasteiger partial charge in [0.1, 0.15) is 5.03 Å². The SMILES string of the molecule is OCCS.OCCSSc1ccccn1. The van der Waals surface area contributed by atoms with E-state index in [0.29, 0.717) is 5.75 Å². The summed E-state index contributed by atoms with van der Waals surface area (Å²) in [6, 6.07) is 5.80. The van der Waals surface area contributed by atoms with E-state index in [1.807, 2.05) is 18.2 Å². The fourth-order valence-corrected chi connectivity index (χ4v) is 2.18. The quantitative estimate of drug-likeness (QED) is 0.430. The summed E-state index contributed by atoms with van der Waals surface area (Å²) in [5.41, 5.74) is 0. The van der Waals surface area contributed by atoms with Gasteiger partial charge in [-0.1, -0.05) is 16.9 Å². The second-order valence-electron chi connectivity index (χ2n) is 2.24. The van der Waals surface area contributed by atoms with Crippen molar-refractivity contribution in [3.05, 3.63) is 24.4 Å². The number of rotatable bonds is 5. The lowest BCUT2D eigenvalue weighted by Crippen LogP contribution is -1.82. The van der Waals surface area contributed by atoms with E-state index in [1.54, 1.807) is 27.8 Å². The van der Waals surface area contributed by atoms with Crippen molar-refractivity contribution in [2.45, 2.75) is 5.03 Å². The summed E-state index contributed by atoms with van der Waals surface area (Å²) in [6.07, 6.45) is 1.77. The van der Waals surface area contributed by atoms with Crippen LogP contribution in [-0.4, -0.2) is 39.9 Å². The van der Waals surface area contributed by atoms with Crippen LogP contribution >= 0.6 is 34.2 Å². The van der Waals surface area contributed by atoms with E-state index in [9.17, 15) is 0 Å². The van der Waals surface area contributed by atoms with Crippen LogP contribution in [-0.2, 0) is 0 Å². The highest BCUT2D eigenvalue weighted by Crippen LogP contribution is 2.27. The van der Waals surface area contributed by atoms with Gasteiger partial charge < -0.3 is 10.2 Å². The standard InChI is InChI=1S/C7H9NOS2.C2H6OS/c9-5-6-10-11-7-3-1-2-4-8-7;3-1-2-4/h1-4,9H,5-6H2;3-4H,1-2H2. The van der Waals surface area contributed by atoms with Crippen molar-refractivity contribution in [3.63, 3.8) is 0 Å². The van der Waals surface area contributed by atoms with Gasteiger partial charge in [-0.3, -0.25) is 0 Å². The Hall–Kier alpha value is 0.120. The van der Waals surface area contributed by atoms with E-state index in [2.05, 4.69) is 17.6 Å². The van der Waals surface area contributed by atoms with Crippen molar-refractivity contribution in [2.75, 3.05) is 24.7 Å². The van der Waals surface area contributed by atoms with Crippen molar-refractivity contribution in [3.8, 4) is 0 Å². The Balaban J connectivity index is 0.000000423. The minimum absolute atomic E-state index is 0.184. The molecule has 0 aliphatic carbocycles. The number of nitrogens with zero attached hydrogens (tertiary/aromatic N) is 1. The molecule has 1 rings (SSSR count). The molecule has 0 saturated heterocycles. The highest BCUT2D eigenvalue weighted by atomic mass is 33.1. The third-order valence-electron chi connectivity index (χ3n) is 1.06. The van der Waals surface area contributed by atoms with E-state index in [4.69, 9.17) is 10.2 Å². The van der Waals surface area contributed by atoms with Crippen LogP contribution in [0.3, 0.4) is 0 Å². The minimum atomic E-state index is 0.184. The first-order valence-corrected chi connectivity index (χ1v) is 7.33. The number of hydrogen-bond donors (Lipinski definition) is 3. The number of aliphatic hydroxyl groups excluding tert-OH is 2. The van der Waals surface area contributed by atoms with Gasteiger partial charge in [-0.25, -0.2) is 4.98 Å². The molecule has 0 bridgehead atoms. The fourth-order valence-electron chi connectivity index (χ4n) is 0.536. The van der Waals surface area contributed by atoms with Crippen molar-refractivity contribution in [1.29, 1.82) is 0 Å². The molecule has 0 aliphatic rings. The van der Waals surface area contributed by atoms with E-state index >= 15 is 0 Å². The maximum absolute atomic E-state index is 8.49. The van der Waals surface area contributed by atoms with Crippen LogP contribution in [0.4, 0.5) is 0 Å². The Morgan fingerprint density at radius 1 is 1.27 bits per heavy atom. The van der Waals surface area contributed by atoms with Crippen LogP contribution in [0, 0.1) is 0 Å². The molecule has 1 aromatic heterocycles. The van der Waals surface area contributed by atoms with Crippen molar-refractivity contribution in [2.24, 2.45) is 0 Å². The zero-order valence-electron chi connectivity index (χ0n) is 8.24. The molecule has 86 valence electrons. The zero-order valence-corrected chi connectivity index (χ0v) is 10.8. The van der Waals surface area contributed by atoms with Crippen LogP contribution in [0.2, 0.25) is 0 Å². The van der Waals surface area contributed by atoms with Crippen molar-refractivity contribution < 1.29 is 10.2 Å². The summed E-state index contributed by atoms with van der Waals surface area (Å²) >= 11 is 3.67. The topological polar surface area (TPSA) is 53.4 Å². The summed E-state index contributed by atoms with van der Waals surface area (Å²) < 4.78 is 0. The van der Waals surface area contributed by atoms with Crippen LogP contribution in [0.5, 0.6) is 0 Å². The van der Waals surface area contributed by atoms with Crippen LogP contribution in [0.15, 0.2) is 29.4 Å². The lowest BCUT2D eigenvalue weighted by molar-refractivity contribution is 0.322. The van der Waals surface area contributed by atoms with Crippen LogP contribution < -0.4 is 0 Å². The molecule has 0 spiro atoms. The number of hydrogen-bond acceptors (Lipinski definition) is 6. The molecular weight excluding hydrogens is 250 g/mol. The number of aromatic nitrogens is 1. The molecule has 0 aromatic carbocycles. The first-order valence-electron chi connectivity index (χ1n) is 4.38. The molecule has 1 aromatic rings. The highest BCUT2D eigenvalue weighted by molar-refractivity contribution is 8.76. The predicted octanol–water partition coefficient (Wildman–Crippen LogP) is 1.72. The normalized spacial score (nSPS) is 9.27. The summed E-state index contributed by atoms with van der Waals surface area (Å²) in [5, 5.41) is 17.3. The molecule has 0 unspecified atom stereocenters. The molecular formula is C9H15NO2S3. The van der Waals surface area contributed by atoms with Crippen LogP contribution in [0.1, 0.15) is 0 Å². The zero-order chi connectivity index (χ0) is 11.4. The smallest absolute Gasteiger partial charge is 0.106 e. The Bertz CT molecular complexity index is 222. The number of thiol groups is 1. The molecule has 3 nitrogen and oxygen atoms in total. The molecule has 15 heavy (non-hydrogen) atoms. The van der Waals surface area contributed by atoms with E-state index in [1.165, 1.54) is 0 Å². The Morgan fingerprint density at radius 2 is 2.00 bits per heavy atom. The summed E-state index contributed by atoms with van der Waals surface area (Å²) in [6.45, 7) is 0.410. The highest BCUT2D eigenvalue weighted by Gasteiger charge is 1.92. The van der Waals surface area contributed by atoms with Gasteiger partial charge in [0, 0.05) is 17.7 Å².